The SMILES string of the molecule is O=c1oc2cc3c4c(c2cc1Cc1ccc2c5c1Oc1ccc6c7ccccc7n7c6c1C5([n+]1ccccc1-7)[n+]1cccn1-2)CCCN4CCC3. The van der Waals surface area contributed by atoms with Gasteiger partial charge in [0, 0.05) is 64.6 Å². The van der Waals surface area contributed by atoms with E-state index in [-0.39, 0.29) is 5.63 Å². The molecule has 9 heterocycles. The Labute approximate surface area is 291 Å². The van der Waals surface area contributed by atoms with E-state index in [9.17, 15) is 4.79 Å². The zero-order valence-corrected chi connectivity index (χ0v) is 27.7. The van der Waals surface area contributed by atoms with E-state index in [1.54, 1.807) is 0 Å². The van der Waals surface area contributed by atoms with Crippen molar-refractivity contribution < 1.29 is 18.4 Å². The molecule has 0 bridgehead atoms. The van der Waals surface area contributed by atoms with E-state index in [0.29, 0.717) is 17.6 Å². The Morgan fingerprint density at radius 1 is 0.804 bits per heavy atom. The molecule has 0 saturated carbocycles. The number of hydrogen-bond acceptors (Lipinski definition) is 4. The standard InChI is InChI=1S/C43H31N5O3/c49-42-27(23-31-29-10-6-18-44-17-5-8-25(39(29)44)24-35(31)51-42)22-26-13-15-33-37-41(26)50-34-16-14-30-28-9-1-2-11-32(28)48-36-12-3-4-19-45(36)43(37,38(34)40(30)48)47-21-7-20-46(33)47/h1-4,7,9,11-16,19-21,23-24H,5-6,8,10,17-18,22H2/q+2. The maximum atomic E-state index is 13.8. The molecule has 0 fully saturated rings. The second-order valence-electron chi connectivity index (χ2n) is 14.7. The Hall–Kier alpha value is -6.15. The van der Waals surface area contributed by atoms with E-state index >= 15 is 0 Å². The zero-order chi connectivity index (χ0) is 33.2. The van der Waals surface area contributed by atoms with Crippen molar-refractivity contribution in [2.24, 2.45) is 0 Å². The van der Waals surface area contributed by atoms with Gasteiger partial charge in [-0.3, -0.25) is 0 Å². The third kappa shape index (κ3) is 3.01. The van der Waals surface area contributed by atoms with Gasteiger partial charge in [-0.05, 0) is 85.3 Å². The lowest BCUT2D eigenvalue weighted by Gasteiger charge is -2.37. The molecule has 1 spiro atoms. The highest BCUT2D eigenvalue weighted by molar-refractivity contribution is 6.11. The molecule has 244 valence electrons. The fourth-order valence-corrected chi connectivity index (χ4v) is 10.4. The number of hydrogen-bond donors (Lipinski definition) is 0. The molecule has 5 aliphatic rings. The van der Waals surface area contributed by atoms with Crippen molar-refractivity contribution in [3.63, 3.8) is 0 Å². The predicted molar refractivity (Wildman–Crippen MR) is 193 cm³/mol. The van der Waals surface area contributed by atoms with Gasteiger partial charge in [0.2, 0.25) is 6.20 Å². The normalized spacial score (nSPS) is 18.5. The van der Waals surface area contributed by atoms with Crippen LogP contribution in [0.5, 0.6) is 11.5 Å². The average Bonchev–Trinajstić information content (AvgIpc) is 3.86. The van der Waals surface area contributed by atoms with Gasteiger partial charge in [0.1, 0.15) is 28.3 Å². The molecule has 8 aromatic rings. The predicted octanol–water partition coefficient (Wildman–Crippen LogP) is 6.58. The molecule has 0 aliphatic carbocycles. The molecule has 8 nitrogen and oxygen atoms in total. The van der Waals surface area contributed by atoms with Crippen LogP contribution < -0.4 is 24.5 Å². The van der Waals surface area contributed by atoms with Gasteiger partial charge in [0.05, 0.1) is 12.4 Å². The Morgan fingerprint density at radius 2 is 1.71 bits per heavy atom. The van der Waals surface area contributed by atoms with Crippen molar-refractivity contribution in [3.05, 3.63) is 147 Å². The third-order valence-electron chi connectivity index (χ3n) is 12.3. The first kappa shape index (κ1) is 26.7. The first-order chi connectivity index (χ1) is 25.2. The first-order valence-corrected chi connectivity index (χ1v) is 18.1. The van der Waals surface area contributed by atoms with E-state index in [0.717, 1.165) is 89.4 Å². The van der Waals surface area contributed by atoms with Crippen molar-refractivity contribution in [2.75, 3.05) is 18.0 Å². The molecular formula is C43H31N5O3+2. The van der Waals surface area contributed by atoms with Crippen LogP contribution in [0, 0.1) is 0 Å². The van der Waals surface area contributed by atoms with Crippen LogP contribution in [0.2, 0.25) is 0 Å². The van der Waals surface area contributed by atoms with Gasteiger partial charge in [-0.1, -0.05) is 28.9 Å². The fraction of sp³-hybridized carbons (Fsp3) is 0.186. The summed E-state index contributed by atoms with van der Waals surface area (Å²) < 4.78 is 22.7. The summed E-state index contributed by atoms with van der Waals surface area (Å²) >= 11 is 0. The molecular weight excluding hydrogens is 635 g/mol. The highest BCUT2D eigenvalue weighted by Gasteiger charge is 2.68. The fourth-order valence-electron chi connectivity index (χ4n) is 10.4. The van der Waals surface area contributed by atoms with E-state index in [2.05, 4.69) is 127 Å². The zero-order valence-electron chi connectivity index (χ0n) is 27.7. The second-order valence-corrected chi connectivity index (χ2v) is 14.7. The topological polar surface area (TPSA) is 60.3 Å². The summed E-state index contributed by atoms with van der Waals surface area (Å²) in [5.41, 5.74) is 10.9. The summed E-state index contributed by atoms with van der Waals surface area (Å²) in [5.74, 6) is 2.71. The molecule has 0 radical (unpaired) electrons. The summed E-state index contributed by atoms with van der Waals surface area (Å²) in [6.07, 6.45) is 11.2. The van der Waals surface area contributed by atoms with Gasteiger partial charge in [-0.15, -0.1) is 4.68 Å². The van der Waals surface area contributed by atoms with Gasteiger partial charge in [-0.2, -0.15) is 9.13 Å². The summed E-state index contributed by atoms with van der Waals surface area (Å²) in [6, 6.07) is 30.2. The van der Waals surface area contributed by atoms with Gasteiger partial charge in [0.15, 0.2) is 16.6 Å². The van der Waals surface area contributed by atoms with Crippen LogP contribution in [0.3, 0.4) is 0 Å². The maximum Gasteiger partial charge on any atom is 0.397 e. The molecule has 5 aliphatic heterocycles. The monoisotopic (exact) mass is 665 g/mol. The number of aryl methyl sites for hydroxylation is 2. The van der Waals surface area contributed by atoms with Crippen molar-refractivity contribution in [2.45, 2.75) is 37.8 Å². The Morgan fingerprint density at radius 3 is 2.67 bits per heavy atom. The Balaban J connectivity index is 1.08. The summed E-state index contributed by atoms with van der Waals surface area (Å²) in [6.45, 7) is 2.20. The van der Waals surface area contributed by atoms with Gasteiger partial charge >= 0.3 is 11.3 Å². The number of rotatable bonds is 2. The number of ether oxygens (including phenoxy) is 1. The molecule has 13 rings (SSSR count). The van der Waals surface area contributed by atoms with Crippen LogP contribution in [0.1, 0.15) is 46.2 Å². The molecule has 1 unspecified atom stereocenters. The van der Waals surface area contributed by atoms with Crippen LogP contribution in [0.15, 0.2) is 113 Å². The van der Waals surface area contributed by atoms with Crippen molar-refractivity contribution in [1.29, 1.82) is 0 Å². The second kappa shape index (κ2) is 8.95. The Kier molecular flexibility index (Phi) is 4.68. The highest BCUT2D eigenvalue weighted by atomic mass is 16.5. The van der Waals surface area contributed by atoms with Crippen molar-refractivity contribution in [3.8, 4) is 23.0 Å². The minimum Gasteiger partial charge on any atom is -0.455 e. The molecule has 0 N–H and O–H groups in total. The van der Waals surface area contributed by atoms with Crippen LogP contribution in [-0.2, 0) is 24.9 Å². The summed E-state index contributed by atoms with van der Waals surface area (Å²) in [7, 11) is 0. The lowest BCUT2D eigenvalue weighted by Crippen LogP contribution is -2.76. The van der Waals surface area contributed by atoms with Gasteiger partial charge < -0.3 is 14.1 Å². The van der Waals surface area contributed by atoms with Crippen molar-refractivity contribution in [1.82, 2.24) is 9.25 Å². The van der Waals surface area contributed by atoms with Crippen LogP contribution >= 0.6 is 0 Å². The lowest BCUT2D eigenvalue weighted by atomic mass is 9.82. The molecule has 4 aromatic carbocycles. The average molecular weight is 666 g/mol. The van der Waals surface area contributed by atoms with E-state index in [1.807, 2.05) is 0 Å². The third-order valence-corrected chi connectivity index (χ3v) is 12.3. The van der Waals surface area contributed by atoms with E-state index in [1.165, 1.54) is 33.1 Å². The number of aromatic nitrogens is 4. The highest BCUT2D eigenvalue weighted by Crippen LogP contribution is 2.56. The first-order valence-electron chi connectivity index (χ1n) is 18.1. The number of para-hydroxylation sites is 1. The van der Waals surface area contributed by atoms with E-state index < -0.39 is 5.66 Å². The number of anilines is 1. The minimum absolute atomic E-state index is 0.277. The van der Waals surface area contributed by atoms with Crippen LogP contribution in [-0.4, -0.2) is 22.3 Å². The number of benzene rings is 4. The molecule has 0 saturated heterocycles. The molecule has 8 heteroatoms. The Bertz CT molecular complexity index is 2980. The molecule has 1 atom stereocenters. The summed E-state index contributed by atoms with van der Waals surface area (Å²) in [5, 5.41) is 3.49. The van der Waals surface area contributed by atoms with Crippen LogP contribution in [0.4, 0.5) is 5.69 Å². The smallest absolute Gasteiger partial charge is 0.397 e. The van der Waals surface area contributed by atoms with Gasteiger partial charge in [-0.25, -0.2) is 4.79 Å². The minimum atomic E-state index is -0.751. The number of pyridine rings is 1. The van der Waals surface area contributed by atoms with Gasteiger partial charge in [0.25, 0.3) is 5.82 Å². The number of nitrogens with zero attached hydrogens (tertiary/aromatic N) is 5. The summed E-state index contributed by atoms with van der Waals surface area (Å²) in [4.78, 5) is 16.4. The quantitative estimate of drug-likeness (QED) is 0.155. The molecule has 4 aromatic heterocycles. The van der Waals surface area contributed by atoms with E-state index in [4.69, 9.17) is 9.15 Å². The molecule has 51 heavy (non-hydrogen) atoms. The van der Waals surface area contributed by atoms with Crippen molar-refractivity contribution >= 4 is 38.5 Å². The largest absolute Gasteiger partial charge is 0.455 e. The lowest BCUT2D eigenvalue weighted by molar-refractivity contribution is -0.993. The maximum absolute atomic E-state index is 13.8. The number of fused-ring (bicyclic) bond motifs is 9. The molecule has 0 amide bonds. The van der Waals surface area contributed by atoms with Crippen LogP contribution in [0.25, 0.3) is 44.3 Å².